The van der Waals surface area contributed by atoms with E-state index in [9.17, 15) is 0 Å². The van der Waals surface area contributed by atoms with Crippen LogP contribution in [-0.2, 0) is 6.54 Å². The fraction of sp³-hybridized carbons (Fsp3) is 0.214. The Balaban J connectivity index is 2.41. The Hall–Kier alpha value is -2.01. The Morgan fingerprint density at radius 2 is 2.19 bits per heavy atom. The monoisotopic (exact) mass is 212 g/mol. The maximum atomic E-state index is 5.45. The molecule has 0 saturated heterocycles. The molecule has 0 saturated carbocycles. The van der Waals surface area contributed by atoms with Gasteiger partial charge in [-0.15, -0.1) is 6.42 Å². The molecule has 0 aliphatic rings. The van der Waals surface area contributed by atoms with Crippen LogP contribution < -0.4 is 9.30 Å². The number of fused-ring (bicyclic) bond motifs is 1. The summed E-state index contributed by atoms with van der Waals surface area (Å²) in [7, 11) is 0. The molecule has 16 heavy (non-hydrogen) atoms. The molecule has 0 atom stereocenters. The van der Waals surface area contributed by atoms with Crippen molar-refractivity contribution in [3.05, 3.63) is 36.7 Å². The lowest BCUT2D eigenvalue weighted by molar-refractivity contribution is -0.683. The summed E-state index contributed by atoms with van der Waals surface area (Å²) in [6.45, 7) is 3.27. The van der Waals surface area contributed by atoms with Crippen molar-refractivity contribution in [1.82, 2.24) is 0 Å². The number of pyridine rings is 1. The quantitative estimate of drug-likeness (QED) is 0.561. The highest BCUT2D eigenvalue weighted by molar-refractivity contribution is 5.82. The molecule has 0 fully saturated rings. The molecule has 0 N–H and O–H groups in total. The van der Waals surface area contributed by atoms with Gasteiger partial charge in [0.2, 0.25) is 6.54 Å². The van der Waals surface area contributed by atoms with E-state index in [2.05, 4.69) is 12.0 Å². The first-order chi connectivity index (χ1) is 7.83. The molecule has 2 rings (SSSR count). The Bertz CT molecular complexity index is 540. The van der Waals surface area contributed by atoms with Gasteiger partial charge in [0.25, 0.3) is 0 Å². The minimum atomic E-state index is 0.600. The lowest BCUT2D eigenvalue weighted by Gasteiger charge is -2.03. The van der Waals surface area contributed by atoms with Crippen LogP contribution in [0.2, 0.25) is 0 Å². The highest BCUT2D eigenvalue weighted by Crippen LogP contribution is 2.19. The number of terminal acetylenes is 1. The first-order valence-electron chi connectivity index (χ1n) is 5.32. The van der Waals surface area contributed by atoms with Crippen LogP contribution in [0.25, 0.3) is 10.8 Å². The van der Waals surface area contributed by atoms with Gasteiger partial charge in [-0.1, -0.05) is 0 Å². The van der Waals surface area contributed by atoms with E-state index in [-0.39, 0.29) is 0 Å². The number of hydrogen-bond acceptors (Lipinski definition) is 1. The molecule has 1 heterocycles. The van der Waals surface area contributed by atoms with Gasteiger partial charge in [-0.05, 0) is 36.4 Å². The van der Waals surface area contributed by atoms with Crippen molar-refractivity contribution in [3.63, 3.8) is 0 Å². The summed E-state index contributed by atoms with van der Waals surface area (Å²) < 4.78 is 7.44. The minimum Gasteiger partial charge on any atom is -0.494 e. The van der Waals surface area contributed by atoms with Crippen LogP contribution >= 0.6 is 0 Å². The minimum absolute atomic E-state index is 0.600. The third-order valence-corrected chi connectivity index (χ3v) is 2.39. The van der Waals surface area contributed by atoms with Gasteiger partial charge in [0.1, 0.15) is 5.75 Å². The van der Waals surface area contributed by atoms with Gasteiger partial charge in [-0.25, -0.2) is 0 Å². The molecule has 80 valence electrons. The summed E-state index contributed by atoms with van der Waals surface area (Å²) in [6.07, 6.45) is 9.31. The summed E-state index contributed by atoms with van der Waals surface area (Å²) in [5.74, 6) is 3.53. The molecule has 2 heteroatoms. The van der Waals surface area contributed by atoms with Crippen LogP contribution in [0.3, 0.4) is 0 Å². The Morgan fingerprint density at radius 1 is 1.31 bits per heavy atom. The number of nitrogens with zero attached hydrogens (tertiary/aromatic N) is 1. The topological polar surface area (TPSA) is 13.1 Å². The van der Waals surface area contributed by atoms with E-state index in [1.54, 1.807) is 0 Å². The van der Waals surface area contributed by atoms with Crippen molar-refractivity contribution < 1.29 is 9.30 Å². The lowest BCUT2D eigenvalue weighted by atomic mass is 10.2. The lowest BCUT2D eigenvalue weighted by Crippen LogP contribution is -2.31. The van der Waals surface area contributed by atoms with Gasteiger partial charge in [-0.2, -0.15) is 4.57 Å². The third kappa shape index (κ3) is 2.14. The number of ether oxygens (including phenoxy) is 1. The molecule has 0 spiro atoms. The molecule has 0 aliphatic carbocycles. The van der Waals surface area contributed by atoms with Gasteiger partial charge in [0.15, 0.2) is 12.4 Å². The molecule has 2 aromatic rings. The average molecular weight is 212 g/mol. The van der Waals surface area contributed by atoms with Crippen LogP contribution in [0.15, 0.2) is 36.7 Å². The van der Waals surface area contributed by atoms with Crippen LogP contribution in [0, 0.1) is 12.3 Å². The van der Waals surface area contributed by atoms with Crippen molar-refractivity contribution >= 4 is 10.8 Å². The summed E-state index contributed by atoms with van der Waals surface area (Å²) in [5.41, 5.74) is 0. The highest BCUT2D eigenvalue weighted by Gasteiger charge is 2.02. The van der Waals surface area contributed by atoms with E-state index in [1.807, 2.05) is 42.1 Å². The molecule has 0 aliphatic heterocycles. The smallest absolute Gasteiger partial charge is 0.208 e. The average Bonchev–Trinajstić information content (AvgIpc) is 2.30. The molecule has 1 aromatic carbocycles. The second-order valence-corrected chi connectivity index (χ2v) is 3.55. The van der Waals surface area contributed by atoms with Crippen LogP contribution in [-0.4, -0.2) is 6.61 Å². The molecular formula is C14H14NO+. The van der Waals surface area contributed by atoms with Crippen molar-refractivity contribution in [2.45, 2.75) is 13.5 Å². The molecule has 0 radical (unpaired) electrons. The van der Waals surface area contributed by atoms with E-state index in [4.69, 9.17) is 11.2 Å². The largest absolute Gasteiger partial charge is 0.494 e. The fourth-order valence-electron chi connectivity index (χ4n) is 1.67. The highest BCUT2D eigenvalue weighted by atomic mass is 16.5. The third-order valence-electron chi connectivity index (χ3n) is 2.39. The maximum absolute atomic E-state index is 5.45. The molecule has 0 amide bonds. The SMILES string of the molecule is C#CC[n+]1ccc2cc(OCC)ccc2c1. The van der Waals surface area contributed by atoms with Gasteiger partial charge >= 0.3 is 0 Å². The predicted octanol–water partition coefficient (Wildman–Crippen LogP) is 2.16. The molecular weight excluding hydrogens is 198 g/mol. The van der Waals surface area contributed by atoms with Crippen LogP contribution in [0.4, 0.5) is 0 Å². The zero-order chi connectivity index (χ0) is 11.4. The van der Waals surface area contributed by atoms with E-state index in [0.29, 0.717) is 13.2 Å². The zero-order valence-corrected chi connectivity index (χ0v) is 9.31. The Labute approximate surface area is 95.5 Å². The van der Waals surface area contributed by atoms with Gasteiger partial charge in [0.05, 0.1) is 6.61 Å². The summed E-state index contributed by atoms with van der Waals surface area (Å²) >= 11 is 0. The van der Waals surface area contributed by atoms with Gasteiger partial charge in [0, 0.05) is 11.5 Å². The van der Waals surface area contributed by atoms with E-state index in [0.717, 1.165) is 5.75 Å². The van der Waals surface area contributed by atoms with E-state index in [1.165, 1.54) is 10.8 Å². The zero-order valence-electron chi connectivity index (χ0n) is 9.31. The first-order valence-corrected chi connectivity index (χ1v) is 5.32. The number of aromatic nitrogens is 1. The van der Waals surface area contributed by atoms with Gasteiger partial charge < -0.3 is 4.74 Å². The fourth-order valence-corrected chi connectivity index (χ4v) is 1.67. The van der Waals surface area contributed by atoms with Crippen LogP contribution in [0.5, 0.6) is 5.75 Å². The summed E-state index contributed by atoms with van der Waals surface area (Å²) in [5, 5.41) is 2.33. The van der Waals surface area contributed by atoms with Crippen LogP contribution in [0.1, 0.15) is 6.92 Å². The Morgan fingerprint density at radius 3 is 2.94 bits per heavy atom. The standard InChI is InChI=1S/C14H14NO/c1-3-8-15-9-7-12-10-14(16-4-2)6-5-13(12)11-15/h1,5-7,9-11H,4,8H2,2H3/q+1. The Kier molecular flexibility index (Phi) is 3.07. The number of rotatable bonds is 3. The summed E-state index contributed by atoms with van der Waals surface area (Å²) in [4.78, 5) is 0. The second-order valence-electron chi connectivity index (χ2n) is 3.55. The van der Waals surface area contributed by atoms with Gasteiger partial charge in [-0.3, -0.25) is 0 Å². The van der Waals surface area contributed by atoms with E-state index >= 15 is 0 Å². The first kappa shape index (κ1) is 10.5. The molecule has 1 aromatic heterocycles. The summed E-state index contributed by atoms with van der Waals surface area (Å²) in [6, 6.07) is 8.12. The molecule has 0 bridgehead atoms. The normalized spacial score (nSPS) is 10.0. The van der Waals surface area contributed by atoms with Crippen molar-refractivity contribution in [2.24, 2.45) is 0 Å². The maximum Gasteiger partial charge on any atom is 0.208 e. The number of benzene rings is 1. The van der Waals surface area contributed by atoms with Crippen molar-refractivity contribution in [2.75, 3.05) is 6.61 Å². The molecule has 0 unspecified atom stereocenters. The van der Waals surface area contributed by atoms with Crippen molar-refractivity contribution in [3.8, 4) is 18.1 Å². The van der Waals surface area contributed by atoms with Crippen molar-refractivity contribution in [1.29, 1.82) is 0 Å². The van der Waals surface area contributed by atoms with E-state index < -0.39 is 0 Å². The number of hydrogen-bond donors (Lipinski definition) is 0. The second kappa shape index (κ2) is 4.67. The predicted molar refractivity (Wildman–Crippen MR) is 64.1 cm³/mol. The molecule has 2 nitrogen and oxygen atoms in total.